The minimum Gasteiger partial charge on any atom is -0.375 e. The van der Waals surface area contributed by atoms with Gasteiger partial charge in [-0.2, -0.15) is 0 Å². The van der Waals surface area contributed by atoms with Crippen molar-refractivity contribution in [2.24, 2.45) is 4.99 Å². The molecule has 2 rings (SSSR count). The molecule has 0 aliphatic heterocycles. The van der Waals surface area contributed by atoms with E-state index in [1.54, 1.807) is 37.6 Å². The van der Waals surface area contributed by atoms with E-state index in [1.807, 2.05) is 24.3 Å². The van der Waals surface area contributed by atoms with Gasteiger partial charge in [0, 0.05) is 33.1 Å². The fourth-order valence-electron chi connectivity index (χ4n) is 2.36. The molecule has 8 heteroatoms. The second-order valence-corrected chi connectivity index (χ2v) is 6.65. The number of aliphatic imine (C=N–C) groups is 1. The lowest BCUT2D eigenvalue weighted by atomic mass is 10.1. The zero-order chi connectivity index (χ0) is 18.2. The van der Waals surface area contributed by atoms with Crippen molar-refractivity contribution in [2.75, 3.05) is 27.7 Å². The van der Waals surface area contributed by atoms with Crippen LogP contribution in [-0.4, -0.2) is 43.6 Å². The molecule has 1 atom stereocenters. The smallest absolute Gasteiger partial charge is 0.193 e. The third-order valence-corrected chi connectivity index (χ3v) is 4.91. The first-order valence-corrected chi connectivity index (χ1v) is 9.04. The minimum absolute atomic E-state index is 0. The number of nitrogens with zero attached hydrogens (tertiary/aromatic N) is 3. The number of hydrogen-bond acceptors (Lipinski definition) is 4. The first-order chi connectivity index (χ1) is 12.0. The second-order valence-electron chi connectivity index (χ2n) is 5.76. The van der Waals surface area contributed by atoms with Gasteiger partial charge in [0.05, 0.1) is 12.2 Å². The molecule has 0 spiro atoms. The molecule has 0 saturated heterocycles. The van der Waals surface area contributed by atoms with E-state index in [-0.39, 0.29) is 35.9 Å². The Kier molecular flexibility index (Phi) is 10.0. The van der Waals surface area contributed by atoms with Gasteiger partial charge in [-0.25, -0.2) is 9.37 Å². The summed E-state index contributed by atoms with van der Waals surface area (Å²) >= 11 is 1.61. The molecule has 0 bridgehead atoms. The normalized spacial score (nSPS) is 12.4. The second kappa shape index (κ2) is 11.5. The average molecular weight is 492 g/mol. The highest BCUT2D eigenvalue weighted by Crippen LogP contribution is 2.20. The number of guanidine groups is 1. The highest BCUT2D eigenvalue weighted by atomic mass is 127. The summed E-state index contributed by atoms with van der Waals surface area (Å²) < 4.78 is 18.2. The number of benzene rings is 1. The molecule has 0 saturated carbocycles. The monoisotopic (exact) mass is 492 g/mol. The minimum atomic E-state index is -0.210. The molecule has 0 radical (unpaired) electrons. The third-order valence-electron chi connectivity index (χ3n) is 3.85. The van der Waals surface area contributed by atoms with Crippen molar-refractivity contribution < 1.29 is 9.13 Å². The van der Waals surface area contributed by atoms with Gasteiger partial charge in [-0.15, -0.1) is 35.3 Å². The summed E-state index contributed by atoms with van der Waals surface area (Å²) in [7, 11) is 5.42. The number of nitrogens with one attached hydrogen (secondary N) is 1. The van der Waals surface area contributed by atoms with Crippen LogP contribution in [0.5, 0.6) is 0 Å². The molecule has 0 aliphatic rings. The highest BCUT2D eigenvalue weighted by Gasteiger charge is 2.12. The Hall–Kier alpha value is -1.26. The van der Waals surface area contributed by atoms with Crippen LogP contribution in [0.2, 0.25) is 0 Å². The maximum atomic E-state index is 12.9. The van der Waals surface area contributed by atoms with Crippen LogP contribution in [0, 0.1) is 5.82 Å². The van der Waals surface area contributed by atoms with E-state index in [9.17, 15) is 4.39 Å². The van der Waals surface area contributed by atoms with Crippen LogP contribution in [0.4, 0.5) is 4.39 Å². The van der Waals surface area contributed by atoms with E-state index in [0.717, 1.165) is 35.2 Å². The SMILES string of the molecule is CN=C(NCCc1ccc(F)cc1)N(C)Cc1csc(C(C)OC)n1.I. The predicted molar refractivity (Wildman–Crippen MR) is 116 cm³/mol. The molecule has 0 fully saturated rings. The molecular formula is C18H26FIN4OS. The van der Waals surface area contributed by atoms with Crippen LogP contribution < -0.4 is 5.32 Å². The molecule has 1 aromatic carbocycles. The van der Waals surface area contributed by atoms with E-state index in [1.165, 1.54) is 12.1 Å². The topological polar surface area (TPSA) is 49.8 Å². The Balaban J connectivity index is 0.00000338. The number of rotatable bonds is 7. The largest absolute Gasteiger partial charge is 0.375 e. The molecule has 26 heavy (non-hydrogen) atoms. The third kappa shape index (κ3) is 6.81. The van der Waals surface area contributed by atoms with E-state index in [4.69, 9.17) is 4.74 Å². The first-order valence-electron chi connectivity index (χ1n) is 8.16. The molecule has 0 aliphatic carbocycles. The van der Waals surface area contributed by atoms with E-state index in [2.05, 4.69) is 15.3 Å². The maximum Gasteiger partial charge on any atom is 0.193 e. The Bertz CT molecular complexity index is 693. The zero-order valence-electron chi connectivity index (χ0n) is 15.5. The lowest BCUT2D eigenvalue weighted by Gasteiger charge is -2.21. The van der Waals surface area contributed by atoms with Crippen molar-refractivity contribution >= 4 is 41.3 Å². The molecular weight excluding hydrogens is 466 g/mol. The van der Waals surface area contributed by atoms with E-state index < -0.39 is 0 Å². The quantitative estimate of drug-likeness (QED) is 0.363. The van der Waals surface area contributed by atoms with Crippen molar-refractivity contribution in [2.45, 2.75) is 26.0 Å². The fraction of sp³-hybridized carbons (Fsp3) is 0.444. The van der Waals surface area contributed by atoms with Crippen molar-refractivity contribution in [3.63, 3.8) is 0 Å². The standard InChI is InChI=1S/C18H25FN4OS.HI/c1-13(24-4)17-22-16(12-25-17)11-23(3)18(20-2)21-10-9-14-5-7-15(19)8-6-14;/h5-8,12-13H,9-11H2,1-4H3,(H,20,21);1H. The van der Waals surface area contributed by atoms with Crippen molar-refractivity contribution in [1.82, 2.24) is 15.2 Å². The molecule has 144 valence electrons. The van der Waals surface area contributed by atoms with Gasteiger partial charge >= 0.3 is 0 Å². The van der Waals surface area contributed by atoms with Crippen molar-refractivity contribution in [1.29, 1.82) is 0 Å². The number of ether oxygens (including phenoxy) is 1. The molecule has 1 aromatic heterocycles. The van der Waals surface area contributed by atoms with Gasteiger partial charge in [-0.05, 0) is 31.0 Å². The maximum absolute atomic E-state index is 12.9. The van der Waals surface area contributed by atoms with Gasteiger partial charge < -0.3 is 15.0 Å². The number of aromatic nitrogens is 1. The lowest BCUT2D eigenvalue weighted by molar-refractivity contribution is 0.119. The molecule has 2 aromatic rings. The fourth-order valence-corrected chi connectivity index (χ4v) is 3.20. The molecule has 1 N–H and O–H groups in total. The summed E-state index contributed by atoms with van der Waals surface area (Å²) in [6.45, 7) is 3.39. The summed E-state index contributed by atoms with van der Waals surface area (Å²) in [4.78, 5) is 10.9. The van der Waals surface area contributed by atoms with Gasteiger partial charge in [0.1, 0.15) is 16.9 Å². The van der Waals surface area contributed by atoms with Crippen molar-refractivity contribution in [3.8, 4) is 0 Å². The van der Waals surface area contributed by atoms with Gasteiger partial charge in [0.15, 0.2) is 5.96 Å². The van der Waals surface area contributed by atoms with E-state index in [0.29, 0.717) is 6.54 Å². The number of halogens is 2. The predicted octanol–water partition coefficient (Wildman–Crippen LogP) is 3.86. The van der Waals surface area contributed by atoms with Crippen molar-refractivity contribution in [3.05, 3.63) is 51.7 Å². The summed E-state index contributed by atoms with van der Waals surface area (Å²) in [5, 5.41) is 6.35. The Morgan fingerprint density at radius 1 is 1.38 bits per heavy atom. The van der Waals surface area contributed by atoms with Gasteiger partial charge in [0.25, 0.3) is 0 Å². The van der Waals surface area contributed by atoms with Crippen LogP contribution in [0.15, 0.2) is 34.6 Å². The first kappa shape index (κ1) is 22.8. The summed E-state index contributed by atoms with van der Waals surface area (Å²) in [5.41, 5.74) is 2.08. The van der Waals surface area contributed by atoms with Crippen LogP contribution >= 0.6 is 35.3 Å². The van der Waals surface area contributed by atoms with Crippen LogP contribution in [-0.2, 0) is 17.7 Å². The Labute approximate surface area is 175 Å². The number of thiazole rings is 1. The summed E-state index contributed by atoms with van der Waals surface area (Å²) in [5.74, 6) is 0.592. The van der Waals surface area contributed by atoms with Crippen LogP contribution in [0.3, 0.4) is 0 Å². The zero-order valence-corrected chi connectivity index (χ0v) is 18.7. The van der Waals surface area contributed by atoms with E-state index >= 15 is 0 Å². The molecule has 5 nitrogen and oxygen atoms in total. The van der Waals surface area contributed by atoms with Gasteiger partial charge in [-0.1, -0.05) is 12.1 Å². The van der Waals surface area contributed by atoms with Gasteiger partial charge in [0.2, 0.25) is 0 Å². The molecule has 1 heterocycles. The lowest BCUT2D eigenvalue weighted by Crippen LogP contribution is -2.39. The number of methoxy groups -OCH3 is 1. The molecule has 1 unspecified atom stereocenters. The highest BCUT2D eigenvalue weighted by molar-refractivity contribution is 14.0. The average Bonchev–Trinajstić information content (AvgIpc) is 3.08. The number of hydrogen-bond donors (Lipinski definition) is 1. The summed E-state index contributed by atoms with van der Waals surface area (Å²) in [6, 6.07) is 6.57. The molecule has 0 amide bonds. The van der Waals surface area contributed by atoms with Gasteiger partial charge in [-0.3, -0.25) is 4.99 Å². The summed E-state index contributed by atoms with van der Waals surface area (Å²) in [6.07, 6.45) is 0.816. The Morgan fingerprint density at radius 2 is 2.08 bits per heavy atom. The Morgan fingerprint density at radius 3 is 2.69 bits per heavy atom. The van der Waals surface area contributed by atoms with Crippen LogP contribution in [0.25, 0.3) is 0 Å². The van der Waals surface area contributed by atoms with Crippen LogP contribution in [0.1, 0.15) is 29.3 Å².